The number of benzene rings is 1. The maximum absolute atomic E-state index is 13.3. The SMILES string of the molecule is CC(C)(C)OC(=O)N1CCN(c2cc3c(cc2OS(=O)(=O)C(F)(F)F)CC[C@@H]2[C@@H]3CC[C@]3(C)C(=O)CC[C@@H]23)CC1. The second-order valence-corrected chi connectivity index (χ2v) is 14.3. The van der Waals surface area contributed by atoms with Crippen LogP contribution >= 0.6 is 0 Å². The van der Waals surface area contributed by atoms with Crippen LogP contribution in [0.25, 0.3) is 0 Å². The van der Waals surface area contributed by atoms with Crippen molar-refractivity contribution in [1.82, 2.24) is 4.90 Å². The van der Waals surface area contributed by atoms with Gasteiger partial charge in [-0.1, -0.05) is 6.92 Å². The molecule has 8 nitrogen and oxygen atoms in total. The molecule has 0 radical (unpaired) electrons. The normalized spacial score (nSPS) is 29.0. The average molecular weight is 587 g/mol. The van der Waals surface area contributed by atoms with Crippen molar-refractivity contribution in [2.75, 3.05) is 31.1 Å². The number of rotatable bonds is 3. The summed E-state index contributed by atoms with van der Waals surface area (Å²) in [6.45, 7) is 8.42. The van der Waals surface area contributed by atoms with Gasteiger partial charge in [0.1, 0.15) is 11.4 Å². The number of anilines is 1. The Morgan fingerprint density at radius 1 is 1.02 bits per heavy atom. The molecule has 3 fully saturated rings. The molecule has 1 aromatic rings. The first-order valence-electron chi connectivity index (χ1n) is 13.9. The zero-order chi connectivity index (χ0) is 29.3. The van der Waals surface area contributed by atoms with Crippen molar-refractivity contribution in [3.8, 4) is 5.75 Å². The first-order chi connectivity index (χ1) is 18.5. The maximum Gasteiger partial charge on any atom is 0.534 e. The summed E-state index contributed by atoms with van der Waals surface area (Å²) in [6.07, 6.45) is 3.90. The Kier molecular flexibility index (Phi) is 7.11. The summed E-state index contributed by atoms with van der Waals surface area (Å²) >= 11 is 0. The highest BCUT2D eigenvalue weighted by Crippen LogP contribution is 2.60. The number of ether oxygens (including phenoxy) is 1. The molecule has 0 aromatic heterocycles. The van der Waals surface area contributed by atoms with Crippen LogP contribution in [-0.4, -0.2) is 62.5 Å². The van der Waals surface area contributed by atoms with Gasteiger partial charge in [-0.2, -0.15) is 21.6 Å². The quantitative estimate of drug-likeness (QED) is 0.346. The van der Waals surface area contributed by atoms with Crippen LogP contribution in [0.3, 0.4) is 0 Å². The van der Waals surface area contributed by atoms with Gasteiger partial charge in [-0.3, -0.25) is 4.79 Å². The Bertz CT molecular complexity index is 1300. The molecule has 0 N–H and O–H groups in total. The van der Waals surface area contributed by atoms with Gasteiger partial charge in [0.2, 0.25) is 0 Å². The fourth-order valence-corrected chi connectivity index (χ4v) is 7.76. The standard InChI is InChI=1S/C28H37F3N2O6S/c1-26(2,3)38-25(35)33-13-11-32(12-14-33)22-16-20-17(15-23(22)39-40(36,37)28(29,30)31)5-6-19-18(20)9-10-27(4)21(19)7-8-24(27)34/h15-16,18-19,21H,5-14H2,1-4H3/t18-,19+,21-,27-/m0/s1. The zero-order valence-electron chi connectivity index (χ0n) is 23.3. The minimum Gasteiger partial charge on any atom is -0.444 e. The van der Waals surface area contributed by atoms with Gasteiger partial charge in [0, 0.05) is 38.0 Å². The fraction of sp³-hybridized carbons (Fsp3) is 0.714. The molecule has 4 atom stereocenters. The Labute approximate surface area is 233 Å². The van der Waals surface area contributed by atoms with Crippen LogP contribution in [-0.2, 0) is 26.1 Å². The van der Waals surface area contributed by atoms with E-state index in [-0.39, 0.29) is 54.9 Å². The molecule has 1 heterocycles. The number of hydrogen-bond acceptors (Lipinski definition) is 7. The van der Waals surface area contributed by atoms with Gasteiger partial charge in [0.15, 0.2) is 5.75 Å². The third kappa shape index (κ3) is 5.16. The van der Waals surface area contributed by atoms with E-state index in [4.69, 9.17) is 8.92 Å². The average Bonchev–Trinajstić information content (AvgIpc) is 3.16. The fourth-order valence-electron chi connectivity index (χ4n) is 7.29. The van der Waals surface area contributed by atoms with Crippen molar-refractivity contribution >= 4 is 27.7 Å². The van der Waals surface area contributed by atoms with Crippen LogP contribution in [0.4, 0.5) is 23.7 Å². The number of hydrogen-bond donors (Lipinski definition) is 0. The minimum atomic E-state index is -5.88. The number of aryl methyl sites for hydroxylation is 1. The van der Waals surface area contributed by atoms with Gasteiger partial charge in [0.05, 0.1) is 5.69 Å². The third-order valence-electron chi connectivity index (χ3n) is 9.27. The summed E-state index contributed by atoms with van der Waals surface area (Å²) in [5.74, 6) is 0.681. The molecular weight excluding hydrogens is 549 g/mol. The molecule has 12 heteroatoms. The number of amides is 1. The molecule has 3 aliphatic carbocycles. The van der Waals surface area contributed by atoms with Gasteiger partial charge < -0.3 is 18.7 Å². The van der Waals surface area contributed by atoms with Gasteiger partial charge >= 0.3 is 21.7 Å². The van der Waals surface area contributed by atoms with E-state index in [0.29, 0.717) is 24.5 Å². The minimum absolute atomic E-state index is 0.141. The maximum atomic E-state index is 13.3. The van der Waals surface area contributed by atoms with Gasteiger partial charge in [0.25, 0.3) is 0 Å². The molecule has 1 saturated heterocycles. The number of carbonyl (C=O) groups excluding carboxylic acids is 2. The van der Waals surface area contributed by atoms with Gasteiger partial charge in [-0.15, -0.1) is 0 Å². The molecule has 0 unspecified atom stereocenters. The highest BCUT2D eigenvalue weighted by molar-refractivity contribution is 7.88. The van der Waals surface area contributed by atoms with Crippen molar-refractivity contribution in [2.24, 2.45) is 17.3 Å². The van der Waals surface area contributed by atoms with E-state index in [2.05, 4.69) is 6.92 Å². The van der Waals surface area contributed by atoms with E-state index in [0.717, 1.165) is 36.8 Å². The Balaban J connectivity index is 1.47. The van der Waals surface area contributed by atoms with E-state index in [9.17, 15) is 31.2 Å². The molecular formula is C28H37F3N2O6S. The number of nitrogens with zero attached hydrogens (tertiary/aromatic N) is 2. The van der Waals surface area contributed by atoms with Crippen molar-refractivity contribution in [1.29, 1.82) is 0 Å². The van der Waals surface area contributed by atoms with Crippen LogP contribution in [0.5, 0.6) is 5.75 Å². The zero-order valence-corrected chi connectivity index (χ0v) is 24.2. The van der Waals surface area contributed by atoms with Crippen LogP contribution in [0.15, 0.2) is 12.1 Å². The predicted molar refractivity (Wildman–Crippen MR) is 142 cm³/mol. The summed E-state index contributed by atoms with van der Waals surface area (Å²) in [5, 5.41) is 0. The Morgan fingerprint density at radius 3 is 2.33 bits per heavy atom. The molecule has 5 rings (SSSR count). The lowest BCUT2D eigenvalue weighted by Gasteiger charge is -2.48. The van der Waals surface area contributed by atoms with E-state index in [1.807, 2.05) is 0 Å². The summed E-state index contributed by atoms with van der Waals surface area (Å²) in [5.41, 5.74) is -4.49. The largest absolute Gasteiger partial charge is 0.534 e. The predicted octanol–water partition coefficient (Wildman–Crippen LogP) is 5.40. The molecule has 40 heavy (non-hydrogen) atoms. The lowest BCUT2D eigenvalue weighted by atomic mass is 9.55. The van der Waals surface area contributed by atoms with Crippen molar-refractivity contribution in [3.63, 3.8) is 0 Å². The number of ketones is 1. The number of alkyl halides is 3. The van der Waals surface area contributed by atoms with E-state index in [1.165, 1.54) is 11.0 Å². The van der Waals surface area contributed by atoms with Crippen molar-refractivity contribution in [3.05, 3.63) is 23.3 Å². The highest BCUT2D eigenvalue weighted by Gasteiger charge is 2.55. The van der Waals surface area contributed by atoms with Gasteiger partial charge in [-0.25, -0.2) is 4.79 Å². The second kappa shape index (κ2) is 9.80. The number of Topliss-reactive ketones (excluding diaryl/α,β-unsaturated/α-hetero) is 1. The lowest BCUT2D eigenvalue weighted by Crippen LogP contribution is -2.50. The van der Waals surface area contributed by atoms with Crippen LogP contribution in [0.1, 0.15) is 76.8 Å². The summed E-state index contributed by atoms with van der Waals surface area (Å²) in [4.78, 5) is 28.6. The molecule has 1 aromatic carbocycles. The highest BCUT2D eigenvalue weighted by atomic mass is 32.2. The van der Waals surface area contributed by atoms with E-state index in [1.54, 1.807) is 31.7 Å². The first-order valence-corrected chi connectivity index (χ1v) is 15.3. The monoisotopic (exact) mass is 586 g/mol. The number of fused-ring (bicyclic) bond motifs is 5. The van der Waals surface area contributed by atoms with E-state index < -0.39 is 27.3 Å². The molecule has 0 spiro atoms. The smallest absolute Gasteiger partial charge is 0.444 e. The van der Waals surface area contributed by atoms with Crippen molar-refractivity contribution < 1.29 is 40.1 Å². The molecule has 2 saturated carbocycles. The molecule has 1 aliphatic heterocycles. The van der Waals surface area contributed by atoms with Crippen molar-refractivity contribution in [2.45, 2.75) is 83.2 Å². The number of carbonyl (C=O) groups is 2. The van der Waals surface area contributed by atoms with E-state index >= 15 is 0 Å². The second-order valence-electron chi connectivity index (χ2n) is 12.8. The topological polar surface area (TPSA) is 93.2 Å². The van der Waals surface area contributed by atoms with Crippen LogP contribution < -0.4 is 9.08 Å². The Hall–Kier alpha value is -2.50. The van der Waals surface area contributed by atoms with Crippen LogP contribution in [0.2, 0.25) is 0 Å². The molecule has 0 bridgehead atoms. The summed E-state index contributed by atoms with van der Waals surface area (Å²) < 4.78 is 74.2. The Morgan fingerprint density at radius 2 is 1.70 bits per heavy atom. The first kappa shape index (κ1) is 29.0. The summed E-state index contributed by atoms with van der Waals surface area (Å²) in [6, 6.07) is 3.26. The number of piperazine rings is 1. The third-order valence-corrected chi connectivity index (χ3v) is 10.2. The lowest BCUT2D eigenvalue weighted by molar-refractivity contribution is -0.129. The molecule has 4 aliphatic rings. The summed E-state index contributed by atoms with van der Waals surface area (Å²) in [7, 11) is -5.88. The molecule has 1 amide bonds. The van der Waals surface area contributed by atoms with Crippen LogP contribution in [0, 0.1) is 17.3 Å². The number of halogens is 3. The molecule has 222 valence electrons. The van der Waals surface area contributed by atoms with Gasteiger partial charge in [-0.05, 0) is 93.9 Å².